The summed E-state index contributed by atoms with van der Waals surface area (Å²) < 4.78 is 6.16. The van der Waals surface area contributed by atoms with E-state index in [1.54, 1.807) is 18.3 Å². The fourth-order valence-corrected chi connectivity index (χ4v) is 2.54. The lowest BCUT2D eigenvalue weighted by Crippen LogP contribution is -2.07. The molecule has 0 aliphatic carbocycles. The van der Waals surface area contributed by atoms with Crippen LogP contribution in [0.4, 0.5) is 0 Å². The summed E-state index contributed by atoms with van der Waals surface area (Å²) in [4.78, 5) is 17.2. The smallest absolute Gasteiger partial charge is 0.195 e. The van der Waals surface area contributed by atoms with Crippen LogP contribution < -0.4 is 4.74 Å². The molecule has 1 aromatic carbocycles. The Morgan fingerprint density at radius 3 is 2.74 bits per heavy atom. The van der Waals surface area contributed by atoms with Crippen molar-refractivity contribution in [2.24, 2.45) is 0 Å². The maximum absolute atomic E-state index is 12.1. The number of aromatic nitrogens is 1. The van der Waals surface area contributed by atoms with Gasteiger partial charge in [-0.3, -0.25) is 4.79 Å². The summed E-state index contributed by atoms with van der Waals surface area (Å²) in [6.07, 6.45) is 1.60. The van der Waals surface area contributed by atoms with Crippen LogP contribution in [0.2, 0.25) is 0 Å². The highest BCUT2D eigenvalue weighted by molar-refractivity contribution is 9.10. The number of thioether (sulfide) groups is 1. The van der Waals surface area contributed by atoms with E-state index in [1.807, 2.05) is 24.3 Å². The Hall–Kier alpha value is -1.33. The molecule has 19 heavy (non-hydrogen) atoms. The van der Waals surface area contributed by atoms with Crippen molar-refractivity contribution in [2.75, 3.05) is 12.9 Å². The molecular formula is C14H12BrNO2S. The largest absolute Gasteiger partial charge is 0.494 e. The van der Waals surface area contributed by atoms with Gasteiger partial charge in [0.15, 0.2) is 5.78 Å². The summed E-state index contributed by atoms with van der Waals surface area (Å²) in [7, 11) is 1.54. The molecule has 2 aromatic rings. The molecule has 0 atom stereocenters. The average Bonchev–Trinajstić information content (AvgIpc) is 2.46. The topological polar surface area (TPSA) is 39.2 Å². The molecule has 0 unspecified atom stereocenters. The fourth-order valence-electron chi connectivity index (χ4n) is 1.51. The predicted octanol–water partition coefficient (Wildman–Crippen LogP) is 3.83. The van der Waals surface area contributed by atoms with E-state index in [-0.39, 0.29) is 5.78 Å². The number of rotatable bonds is 5. The Morgan fingerprint density at radius 2 is 2.05 bits per heavy atom. The van der Waals surface area contributed by atoms with Crippen molar-refractivity contribution in [3.8, 4) is 5.75 Å². The first-order valence-corrected chi connectivity index (χ1v) is 7.39. The molecule has 5 heteroatoms. The molecule has 0 saturated heterocycles. The molecular weight excluding hydrogens is 326 g/mol. The van der Waals surface area contributed by atoms with Crippen molar-refractivity contribution in [1.82, 2.24) is 4.98 Å². The van der Waals surface area contributed by atoms with Gasteiger partial charge in [-0.15, -0.1) is 11.8 Å². The Morgan fingerprint density at radius 1 is 1.32 bits per heavy atom. The number of halogens is 1. The molecule has 0 fully saturated rings. The number of hydrogen-bond acceptors (Lipinski definition) is 4. The van der Waals surface area contributed by atoms with Crippen LogP contribution in [0, 0.1) is 0 Å². The number of ether oxygens (including phenoxy) is 1. The summed E-state index contributed by atoms with van der Waals surface area (Å²) in [5, 5.41) is 0. The Bertz CT molecular complexity index is 572. The van der Waals surface area contributed by atoms with Crippen molar-refractivity contribution in [3.05, 3.63) is 52.8 Å². The highest BCUT2D eigenvalue weighted by Crippen LogP contribution is 2.23. The van der Waals surface area contributed by atoms with Gasteiger partial charge in [0, 0.05) is 15.6 Å². The van der Waals surface area contributed by atoms with Gasteiger partial charge in [0.05, 0.1) is 12.9 Å². The number of benzene rings is 1. The average molecular weight is 338 g/mol. The predicted molar refractivity (Wildman–Crippen MR) is 80.0 cm³/mol. The van der Waals surface area contributed by atoms with E-state index in [0.29, 0.717) is 17.2 Å². The molecule has 0 aliphatic rings. The van der Waals surface area contributed by atoms with Gasteiger partial charge < -0.3 is 4.74 Å². The minimum atomic E-state index is -0.0367. The van der Waals surface area contributed by atoms with E-state index < -0.39 is 0 Å². The summed E-state index contributed by atoms with van der Waals surface area (Å²) >= 11 is 4.86. The molecule has 98 valence electrons. The third-order valence-electron chi connectivity index (χ3n) is 2.44. The lowest BCUT2D eigenvalue weighted by Gasteiger charge is -2.06. The number of nitrogens with zero attached hydrogens (tertiary/aromatic N) is 1. The van der Waals surface area contributed by atoms with Crippen molar-refractivity contribution >= 4 is 33.5 Å². The number of hydrogen-bond donors (Lipinski definition) is 0. The Balaban J connectivity index is 2.03. The number of pyridine rings is 1. The SMILES string of the molecule is COc1cccnc1C(=O)CSc1ccc(Br)cc1. The number of carbonyl (C=O) groups excluding carboxylic acids is 1. The van der Waals surface area contributed by atoms with E-state index in [2.05, 4.69) is 20.9 Å². The number of carbonyl (C=O) groups is 1. The second-order valence-corrected chi connectivity index (χ2v) is 5.68. The standard InChI is InChI=1S/C14H12BrNO2S/c1-18-13-3-2-8-16-14(13)12(17)9-19-11-6-4-10(15)5-7-11/h2-8H,9H2,1H3. The molecule has 0 spiro atoms. The Labute approximate surface area is 124 Å². The van der Waals surface area contributed by atoms with Crippen molar-refractivity contribution in [1.29, 1.82) is 0 Å². The van der Waals surface area contributed by atoms with Crippen molar-refractivity contribution in [3.63, 3.8) is 0 Å². The number of Topliss-reactive ketones (excluding diaryl/α,β-unsaturated/α-hetero) is 1. The maximum Gasteiger partial charge on any atom is 0.195 e. The highest BCUT2D eigenvalue weighted by atomic mass is 79.9. The van der Waals surface area contributed by atoms with Gasteiger partial charge in [-0.05, 0) is 36.4 Å². The van der Waals surface area contributed by atoms with E-state index in [9.17, 15) is 4.79 Å². The summed E-state index contributed by atoms with van der Waals surface area (Å²) in [5.74, 6) is 0.823. The van der Waals surface area contributed by atoms with Crippen LogP contribution in [0.1, 0.15) is 10.5 Å². The van der Waals surface area contributed by atoms with Crippen LogP contribution in [0.5, 0.6) is 5.75 Å². The van der Waals surface area contributed by atoms with E-state index in [1.165, 1.54) is 18.9 Å². The molecule has 0 amide bonds. The van der Waals surface area contributed by atoms with Crippen LogP contribution in [-0.4, -0.2) is 23.6 Å². The van der Waals surface area contributed by atoms with Gasteiger partial charge in [-0.1, -0.05) is 15.9 Å². The zero-order valence-corrected chi connectivity index (χ0v) is 12.7. The van der Waals surface area contributed by atoms with Gasteiger partial charge in [0.1, 0.15) is 11.4 Å². The fraction of sp³-hybridized carbons (Fsp3) is 0.143. The Kier molecular flexibility index (Phi) is 4.99. The quantitative estimate of drug-likeness (QED) is 0.614. The normalized spacial score (nSPS) is 10.2. The highest BCUT2D eigenvalue weighted by Gasteiger charge is 2.13. The third kappa shape index (κ3) is 3.81. The lowest BCUT2D eigenvalue weighted by molar-refractivity contribution is 0.101. The van der Waals surface area contributed by atoms with E-state index in [0.717, 1.165) is 9.37 Å². The second-order valence-electron chi connectivity index (χ2n) is 3.72. The van der Waals surface area contributed by atoms with Crippen molar-refractivity contribution < 1.29 is 9.53 Å². The van der Waals surface area contributed by atoms with Gasteiger partial charge in [-0.25, -0.2) is 4.98 Å². The molecule has 0 aliphatic heterocycles. The molecule has 0 radical (unpaired) electrons. The zero-order valence-electron chi connectivity index (χ0n) is 10.3. The first kappa shape index (κ1) is 14.1. The first-order chi connectivity index (χ1) is 9.20. The molecule has 0 bridgehead atoms. The summed E-state index contributed by atoms with van der Waals surface area (Å²) in [6, 6.07) is 11.3. The molecule has 1 heterocycles. The number of methoxy groups -OCH3 is 1. The second kappa shape index (κ2) is 6.73. The van der Waals surface area contributed by atoms with Crippen molar-refractivity contribution in [2.45, 2.75) is 4.90 Å². The monoisotopic (exact) mass is 337 g/mol. The van der Waals surface area contributed by atoms with Crippen LogP contribution in [0.25, 0.3) is 0 Å². The third-order valence-corrected chi connectivity index (χ3v) is 3.98. The lowest BCUT2D eigenvalue weighted by atomic mass is 10.2. The summed E-state index contributed by atoms with van der Waals surface area (Å²) in [6.45, 7) is 0. The van der Waals surface area contributed by atoms with Gasteiger partial charge in [0.2, 0.25) is 0 Å². The minimum absolute atomic E-state index is 0.0367. The summed E-state index contributed by atoms with van der Waals surface area (Å²) in [5.41, 5.74) is 0.384. The first-order valence-electron chi connectivity index (χ1n) is 5.61. The van der Waals surface area contributed by atoms with Gasteiger partial charge in [0.25, 0.3) is 0 Å². The van der Waals surface area contributed by atoms with Crippen LogP contribution in [0.3, 0.4) is 0 Å². The molecule has 3 nitrogen and oxygen atoms in total. The van der Waals surface area contributed by atoms with E-state index >= 15 is 0 Å². The molecule has 0 saturated carbocycles. The minimum Gasteiger partial charge on any atom is -0.494 e. The van der Waals surface area contributed by atoms with E-state index in [4.69, 9.17) is 4.74 Å². The van der Waals surface area contributed by atoms with Gasteiger partial charge >= 0.3 is 0 Å². The molecule has 2 rings (SSSR count). The van der Waals surface area contributed by atoms with Crippen LogP contribution >= 0.6 is 27.7 Å². The maximum atomic E-state index is 12.1. The van der Waals surface area contributed by atoms with Crippen LogP contribution in [-0.2, 0) is 0 Å². The molecule has 1 aromatic heterocycles. The zero-order chi connectivity index (χ0) is 13.7. The number of ketones is 1. The molecule has 0 N–H and O–H groups in total. The van der Waals surface area contributed by atoms with Crippen LogP contribution in [0.15, 0.2) is 52.0 Å². The van der Waals surface area contributed by atoms with Gasteiger partial charge in [-0.2, -0.15) is 0 Å².